The van der Waals surface area contributed by atoms with Gasteiger partial charge in [-0.25, -0.2) is 4.98 Å². The first-order chi connectivity index (χ1) is 24.6. The third kappa shape index (κ3) is 13.5. The van der Waals surface area contributed by atoms with Crippen molar-refractivity contribution in [1.82, 2.24) is 20.9 Å². The fourth-order valence-corrected chi connectivity index (χ4v) is 6.60. The predicted octanol–water partition coefficient (Wildman–Crippen LogP) is 5.61. The molecule has 0 saturated carbocycles. The van der Waals surface area contributed by atoms with Crippen molar-refractivity contribution in [2.24, 2.45) is 5.92 Å². The second-order valence-corrected chi connectivity index (χ2v) is 14.3. The first kappa shape index (κ1) is 39.1. The molecule has 270 valence electrons. The van der Waals surface area contributed by atoms with Crippen LogP contribution in [0.25, 0.3) is 0 Å². The second-order valence-electron chi connectivity index (χ2n) is 13.3. The van der Waals surface area contributed by atoms with Crippen LogP contribution in [-0.4, -0.2) is 64.4 Å². The summed E-state index contributed by atoms with van der Waals surface area (Å²) in [5.41, 5.74) is 3.82. The van der Waals surface area contributed by atoms with Gasteiger partial charge in [0.15, 0.2) is 6.61 Å². The molecule has 0 radical (unpaired) electrons. The molecule has 4 aromatic rings. The van der Waals surface area contributed by atoms with Crippen LogP contribution in [0.5, 0.6) is 5.75 Å². The number of hydrogen-bond acceptors (Lipinski definition) is 7. The zero-order chi connectivity index (χ0) is 36.6. The van der Waals surface area contributed by atoms with Crippen molar-refractivity contribution in [1.29, 1.82) is 0 Å². The molecule has 0 saturated heterocycles. The van der Waals surface area contributed by atoms with E-state index in [1.54, 1.807) is 6.20 Å². The van der Waals surface area contributed by atoms with Crippen LogP contribution in [0.4, 0.5) is 0 Å². The molecule has 4 rings (SSSR count). The molecule has 3 aromatic carbocycles. The molecule has 1 aromatic heterocycles. The summed E-state index contributed by atoms with van der Waals surface area (Å²) in [5, 5.41) is 21.6. The molecule has 1 heterocycles. The van der Waals surface area contributed by atoms with Crippen molar-refractivity contribution < 1.29 is 24.2 Å². The van der Waals surface area contributed by atoms with Crippen molar-refractivity contribution in [3.8, 4) is 5.75 Å². The van der Waals surface area contributed by atoms with Gasteiger partial charge in [0, 0.05) is 12.2 Å². The smallest absolute Gasteiger partial charge is 0.258 e. The first-order valence-electron chi connectivity index (χ1n) is 17.4. The number of hydrogen-bond donors (Lipinski definition) is 4. The van der Waals surface area contributed by atoms with E-state index in [9.17, 15) is 19.5 Å². The zero-order valence-electron chi connectivity index (χ0n) is 29.9. The van der Waals surface area contributed by atoms with Gasteiger partial charge < -0.3 is 25.8 Å². The minimum atomic E-state index is -1.03. The van der Waals surface area contributed by atoms with Gasteiger partial charge >= 0.3 is 0 Å². The van der Waals surface area contributed by atoms with E-state index in [2.05, 4.69) is 20.9 Å². The van der Waals surface area contributed by atoms with Crippen LogP contribution >= 0.6 is 11.8 Å². The Bertz CT molecular complexity index is 1650. The lowest BCUT2D eigenvalue weighted by atomic mass is 9.93. The topological polar surface area (TPSA) is 130 Å². The van der Waals surface area contributed by atoms with E-state index in [0.717, 1.165) is 27.3 Å². The van der Waals surface area contributed by atoms with Crippen LogP contribution in [-0.2, 0) is 27.2 Å². The zero-order valence-corrected chi connectivity index (χ0v) is 30.7. The number of amides is 3. The molecule has 0 fully saturated rings. The highest BCUT2D eigenvalue weighted by atomic mass is 32.2. The maximum atomic E-state index is 13.9. The Hall–Kier alpha value is -4.67. The van der Waals surface area contributed by atoms with Gasteiger partial charge in [-0.1, -0.05) is 111 Å². The molecule has 51 heavy (non-hydrogen) atoms. The summed E-state index contributed by atoms with van der Waals surface area (Å²) in [6.07, 6.45) is 2.06. The van der Waals surface area contributed by atoms with Gasteiger partial charge in [0.05, 0.1) is 22.9 Å². The molecular formula is C41H50N4O5S. The molecule has 0 aliphatic rings. The average molecular weight is 711 g/mol. The van der Waals surface area contributed by atoms with Crippen LogP contribution < -0.4 is 20.7 Å². The maximum absolute atomic E-state index is 13.9. The number of thioether (sulfide) groups is 1. The lowest BCUT2D eigenvalue weighted by Crippen LogP contribution is -2.55. The van der Waals surface area contributed by atoms with Crippen LogP contribution in [0, 0.1) is 19.8 Å². The van der Waals surface area contributed by atoms with Gasteiger partial charge in [-0.3, -0.25) is 14.4 Å². The molecule has 0 spiro atoms. The van der Waals surface area contributed by atoms with Crippen molar-refractivity contribution in [3.05, 3.63) is 126 Å². The summed E-state index contributed by atoms with van der Waals surface area (Å²) < 4.78 is 5.93. The summed E-state index contributed by atoms with van der Waals surface area (Å²) in [4.78, 5) is 44.4. The van der Waals surface area contributed by atoms with E-state index in [1.165, 1.54) is 11.8 Å². The number of aryl methyl sites for hydroxylation is 2. The van der Waals surface area contributed by atoms with E-state index >= 15 is 0 Å². The Morgan fingerprint density at radius 2 is 1.37 bits per heavy atom. The number of pyridine rings is 1. The fraction of sp³-hybridized carbons (Fsp3) is 0.366. The molecule has 0 aliphatic carbocycles. The Morgan fingerprint density at radius 1 is 0.745 bits per heavy atom. The minimum Gasteiger partial charge on any atom is -0.483 e. The van der Waals surface area contributed by atoms with Gasteiger partial charge in [-0.15, -0.1) is 0 Å². The Labute approximate surface area is 306 Å². The SMILES string of the molecule is Cc1cccc(C)c1OCC(=O)N[C@@H](Cc1ccccc1)CC(O)[C@H](Cc1ccccc1)NC(=O)[C@H](CC(C)C)NC(=O)CSc1ccccn1. The lowest BCUT2D eigenvalue weighted by Gasteiger charge is -2.30. The number of carbonyl (C=O) groups is 3. The average Bonchev–Trinajstić information content (AvgIpc) is 3.11. The van der Waals surface area contributed by atoms with Gasteiger partial charge in [0.2, 0.25) is 11.8 Å². The van der Waals surface area contributed by atoms with Crippen LogP contribution in [0.15, 0.2) is 108 Å². The molecule has 10 heteroatoms. The highest BCUT2D eigenvalue weighted by Crippen LogP contribution is 2.22. The van der Waals surface area contributed by atoms with Gasteiger partial charge in [-0.05, 0) is 79.8 Å². The van der Waals surface area contributed by atoms with E-state index in [0.29, 0.717) is 25.0 Å². The number of carbonyl (C=O) groups excluding carboxylic acids is 3. The molecule has 3 amide bonds. The van der Waals surface area contributed by atoms with Crippen molar-refractivity contribution in [3.63, 3.8) is 0 Å². The summed E-state index contributed by atoms with van der Waals surface area (Å²) in [7, 11) is 0. The molecule has 9 nitrogen and oxygen atoms in total. The van der Waals surface area contributed by atoms with Crippen LogP contribution in [0.1, 0.15) is 48.9 Å². The number of aliphatic hydroxyl groups excluding tert-OH is 1. The van der Waals surface area contributed by atoms with Crippen LogP contribution in [0.3, 0.4) is 0 Å². The largest absolute Gasteiger partial charge is 0.483 e. The highest BCUT2D eigenvalue weighted by Gasteiger charge is 2.30. The lowest BCUT2D eigenvalue weighted by molar-refractivity contribution is -0.129. The van der Waals surface area contributed by atoms with E-state index in [1.807, 2.05) is 125 Å². The van der Waals surface area contributed by atoms with E-state index < -0.39 is 24.2 Å². The number of nitrogens with zero attached hydrogens (tertiary/aromatic N) is 1. The van der Waals surface area contributed by atoms with Crippen LogP contribution in [0.2, 0.25) is 0 Å². The van der Waals surface area contributed by atoms with Gasteiger partial charge in [0.25, 0.3) is 5.91 Å². The summed E-state index contributed by atoms with van der Waals surface area (Å²) in [6.45, 7) is 7.69. The monoisotopic (exact) mass is 710 g/mol. The normalized spacial score (nSPS) is 13.5. The first-order valence-corrected chi connectivity index (χ1v) is 18.4. The van der Waals surface area contributed by atoms with E-state index in [4.69, 9.17) is 4.74 Å². The number of ether oxygens (including phenoxy) is 1. The second kappa shape index (κ2) is 20.2. The Balaban J connectivity index is 1.49. The third-order valence-corrected chi connectivity index (χ3v) is 9.35. The van der Waals surface area contributed by atoms with Crippen molar-refractivity contribution in [2.75, 3.05) is 12.4 Å². The molecule has 4 atom stereocenters. The molecule has 1 unspecified atom stereocenters. The number of nitrogens with one attached hydrogen (secondary N) is 3. The Kier molecular flexibility index (Phi) is 15.5. The predicted molar refractivity (Wildman–Crippen MR) is 203 cm³/mol. The van der Waals surface area contributed by atoms with Gasteiger partial charge in [-0.2, -0.15) is 0 Å². The number of rotatable bonds is 19. The number of aliphatic hydroxyl groups is 1. The highest BCUT2D eigenvalue weighted by molar-refractivity contribution is 7.99. The standard InChI is InChI=1S/C41H50N4O5S/c1-28(2)22-35(44-38(48)27-51-39-20-11-12-21-42-39)41(49)45-34(24-32-18-9-6-10-19-32)36(46)25-33(23-31-16-7-5-8-17-31)43-37(47)26-50-40-29(3)14-13-15-30(40)4/h5-21,28,33-36,46H,22-27H2,1-4H3,(H,43,47)(H,44,48)(H,45,49)/t33-,34-,35-,36?/m0/s1. The molecule has 0 aliphatic heterocycles. The van der Waals surface area contributed by atoms with Crippen molar-refractivity contribution >= 4 is 29.5 Å². The summed E-state index contributed by atoms with van der Waals surface area (Å²) in [6, 6.07) is 28.8. The Morgan fingerprint density at radius 3 is 1.98 bits per heavy atom. The number of benzene rings is 3. The fourth-order valence-electron chi connectivity index (χ4n) is 5.93. The van der Waals surface area contributed by atoms with Crippen molar-refractivity contribution in [2.45, 2.75) is 82.6 Å². The minimum absolute atomic E-state index is 0.114. The molecule has 4 N–H and O–H groups in total. The number of para-hydroxylation sites is 1. The molecule has 0 bridgehead atoms. The summed E-state index contributed by atoms with van der Waals surface area (Å²) in [5.74, 6) is -0.0406. The quantitative estimate of drug-likeness (QED) is 0.0932. The maximum Gasteiger partial charge on any atom is 0.258 e. The third-order valence-electron chi connectivity index (χ3n) is 8.41. The van der Waals surface area contributed by atoms with E-state index in [-0.39, 0.29) is 42.4 Å². The number of aromatic nitrogens is 1. The summed E-state index contributed by atoms with van der Waals surface area (Å²) >= 11 is 1.30. The van der Waals surface area contributed by atoms with Gasteiger partial charge in [0.1, 0.15) is 11.8 Å². The molecular weight excluding hydrogens is 661 g/mol.